The maximum atomic E-state index is 2.17. The van der Waals surface area contributed by atoms with Crippen molar-refractivity contribution in [2.45, 2.75) is 34.6 Å². The topological polar surface area (TPSA) is 0 Å². The van der Waals surface area contributed by atoms with Crippen molar-refractivity contribution in [1.82, 2.24) is 0 Å². The quantitative estimate of drug-likeness (QED) is 0.521. The van der Waals surface area contributed by atoms with Crippen LogP contribution < -0.4 is 0 Å². The third-order valence-electron chi connectivity index (χ3n) is 0. The fourth-order valence-electron chi connectivity index (χ4n) is 0. The summed E-state index contributed by atoms with van der Waals surface area (Å²) in [5.41, 5.74) is 0. The van der Waals surface area contributed by atoms with Gasteiger partial charge in [0, 0.05) is 75.5 Å². The molecule has 0 radical (unpaired) electrons. The van der Waals surface area contributed by atoms with Crippen LogP contribution in [-0.4, -0.2) is 0 Å². The van der Waals surface area contributed by atoms with Gasteiger partial charge >= 0.3 is 0 Å². The minimum absolute atomic E-state index is 0. The van der Waals surface area contributed by atoms with E-state index in [9.17, 15) is 0 Å². The van der Waals surface area contributed by atoms with E-state index in [2.05, 4.69) is 20.8 Å². The van der Waals surface area contributed by atoms with Crippen molar-refractivity contribution in [3.8, 4) is 0 Å². The molecule has 0 fully saturated rings. The molecule has 0 amide bonds. The summed E-state index contributed by atoms with van der Waals surface area (Å²) in [4.78, 5) is 0. The maximum absolute atomic E-state index is 2.17. The average molecular weight is 168 g/mol. The normalized spacial score (nSPS) is 5.25. The van der Waals surface area contributed by atoms with Crippen LogP contribution in [-0.2, 0) is 0 Å². The minimum atomic E-state index is 0. The zero-order valence-corrected chi connectivity index (χ0v) is 7.70. The van der Waals surface area contributed by atoms with Crippen molar-refractivity contribution < 1.29 is 75.5 Å². The molecule has 0 unspecified atom stereocenters. The summed E-state index contributed by atoms with van der Waals surface area (Å²) in [5.74, 6) is 0.833. The van der Waals surface area contributed by atoms with E-state index in [4.69, 9.17) is 0 Å². The molecule has 0 rings (SSSR count). The molecule has 0 saturated carbocycles. The van der Waals surface area contributed by atoms with E-state index in [1.54, 1.807) is 0 Å². The summed E-state index contributed by atoms with van der Waals surface area (Å²) in [6, 6.07) is 0. The first-order valence-electron chi connectivity index (χ1n) is 2.73. The monoisotopic (exact) mass is 168 g/mol. The van der Waals surface area contributed by atoms with E-state index in [0.29, 0.717) is 0 Å². The van der Waals surface area contributed by atoms with Gasteiger partial charge in [-0.15, -0.1) is 0 Å². The Balaban J connectivity index is -0.0000000183. The van der Waals surface area contributed by atoms with Crippen LogP contribution in [0.15, 0.2) is 0 Å². The molecule has 0 aromatic rings. The Morgan fingerprint density at radius 2 is 0.750 bits per heavy atom. The van der Waals surface area contributed by atoms with Crippen molar-refractivity contribution in [1.29, 1.82) is 0 Å². The van der Waals surface area contributed by atoms with E-state index < -0.39 is 0 Å². The Hall–Kier alpha value is 2.52. The summed E-state index contributed by atoms with van der Waals surface area (Å²) in [6.45, 7) is 10.5. The summed E-state index contributed by atoms with van der Waals surface area (Å²) >= 11 is 0. The predicted octanol–water partition coefficient (Wildman–Crippen LogP) is 2.69. The summed E-state index contributed by atoms with van der Waals surface area (Å²) in [6.07, 6.45) is 0. The van der Waals surface area contributed by atoms with Crippen LogP contribution in [0.4, 0.5) is 0 Å². The van der Waals surface area contributed by atoms with Crippen LogP contribution in [0.5, 0.6) is 0 Å². The molecule has 0 bridgehead atoms. The van der Waals surface area contributed by atoms with Crippen LogP contribution in [0.25, 0.3) is 0 Å². The summed E-state index contributed by atoms with van der Waals surface area (Å²) in [5, 5.41) is 0. The molecule has 0 saturated heterocycles. The Kier molecular flexibility index (Phi) is 63.6. The van der Waals surface area contributed by atoms with Gasteiger partial charge in [0.05, 0.1) is 0 Å². The van der Waals surface area contributed by atoms with Crippen molar-refractivity contribution in [2.24, 2.45) is 5.92 Å². The first kappa shape index (κ1) is 22.4. The fraction of sp³-hybridized carbons (Fsp3) is 1.00. The molecule has 0 aromatic heterocycles. The molecule has 0 nitrogen and oxygen atoms in total. The van der Waals surface area contributed by atoms with E-state index in [-0.39, 0.29) is 75.5 Å². The smallest absolute Gasteiger partial charge is 0 e. The molecule has 8 heavy (non-hydrogen) atoms. The van der Waals surface area contributed by atoms with Gasteiger partial charge in [0.15, 0.2) is 0 Å². The van der Waals surface area contributed by atoms with Gasteiger partial charge in [-0.25, -0.2) is 0 Å². The first-order valence-corrected chi connectivity index (χ1v) is 2.73. The molecular weight excluding hydrogens is 152 g/mol. The standard InChI is InChI=1S/C4H10.C2H6.2Ar/c1-4(2)3;1-2;;/h4H,1-3H3;1-2H3;;. The van der Waals surface area contributed by atoms with E-state index >= 15 is 0 Å². The van der Waals surface area contributed by atoms with Crippen LogP contribution in [0.1, 0.15) is 34.6 Å². The SMILES string of the molecule is CC.CC(C)C.[Ar].[Ar]. The Morgan fingerprint density at radius 1 is 0.750 bits per heavy atom. The zero-order valence-electron chi connectivity index (χ0n) is 6.28. The van der Waals surface area contributed by atoms with E-state index in [1.807, 2.05) is 13.8 Å². The molecule has 56 valence electrons. The summed E-state index contributed by atoms with van der Waals surface area (Å²) in [7, 11) is 0. The van der Waals surface area contributed by atoms with Crippen molar-refractivity contribution in [3.05, 3.63) is 0 Å². The number of rotatable bonds is 0. The van der Waals surface area contributed by atoms with E-state index in [0.717, 1.165) is 5.92 Å². The van der Waals surface area contributed by atoms with E-state index in [1.165, 1.54) is 0 Å². The van der Waals surface area contributed by atoms with Crippen molar-refractivity contribution in [3.63, 3.8) is 0 Å². The second-order valence-electron chi connectivity index (χ2n) is 1.73. The van der Waals surface area contributed by atoms with Crippen molar-refractivity contribution in [2.75, 3.05) is 0 Å². The van der Waals surface area contributed by atoms with Gasteiger partial charge in [0.25, 0.3) is 0 Å². The van der Waals surface area contributed by atoms with Gasteiger partial charge in [-0.05, 0) is 5.92 Å². The molecule has 2 heteroatoms. The van der Waals surface area contributed by atoms with Crippen LogP contribution in [0, 0.1) is 81.4 Å². The Morgan fingerprint density at radius 3 is 0.750 bits per heavy atom. The minimum Gasteiger partial charge on any atom is -0.0683 e. The van der Waals surface area contributed by atoms with Gasteiger partial charge in [-0.2, -0.15) is 0 Å². The Labute approximate surface area is 114 Å². The molecule has 0 aliphatic rings. The number of hydrogen-bond donors (Lipinski definition) is 0. The second kappa shape index (κ2) is 22.7. The first-order chi connectivity index (χ1) is 2.73. The van der Waals surface area contributed by atoms with Gasteiger partial charge in [-0.1, -0.05) is 34.6 Å². The van der Waals surface area contributed by atoms with Gasteiger partial charge in [0.2, 0.25) is 0 Å². The molecule has 0 N–H and O–H groups in total. The molecular formula is C6H16Ar2. The number of hydrogen-bond acceptors (Lipinski definition) is 0. The van der Waals surface area contributed by atoms with Gasteiger partial charge < -0.3 is 0 Å². The van der Waals surface area contributed by atoms with Crippen LogP contribution >= 0.6 is 0 Å². The zero-order chi connectivity index (χ0) is 5.58. The fourth-order valence-corrected chi connectivity index (χ4v) is 0. The summed E-state index contributed by atoms with van der Waals surface area (Å²) < 4.78 is 0. The Bertz CT molecular complexity index is 11.2. The van der Waals surface area contributed by atoms with Crippen molar-refractivity contribution >= 4 is 0 Å². The second-order valence-corrected chi connectivity index (χ2v) is 1.73. The molecule has 0 atom stereocenters. The predicted molar refractivity (Wildman–Crippen MR) is 31.9 cm³/mol. The molecule has 0 heterocycles. The molecule has 0 aliphatic carbocycles. The molecule has 0 aliphatic heterocycles. The van der Waals surface area contributed by atoms with Gasteiger partial charge in [-0.3, -0.25) is 0 Å². The van der Waals surface area contributed by atoms with Crippen LogP contribution in [0.2, 0.25) is 0 Å². The molecule has 0 spiro atoms. The average Bonchev–Trinajstić information content (AvgIpc) is 1.41. The maximum Gasteiger partial charge on any atom is 0 e. The van der Waals surface area contributed by atoms with Crippen LogP contribution in [0.3, 0.4) is 0 Å². The van der Waals surface area contributed by atoms with Gasteiger partial charge in [0.1, 0.15) is 0 Å². The largest absolute Gasteiger partial charge is 0.0683 e. The third-order valence-corrected chi connectivity index (χ3v) is 0. The molecule has 0 aromatic carbocycles. The third kappa shape index (κ3) is 75.9.